The van der Waals surface area contributed by atoms with Crippen molar-refractivity contribution in [1.29, 1.82) is 0 Å². The summed E-state index contributed by atoms with van der Waals surface area (Å²) in [6.07, 6.45) is 6.28. The number of carbonyl (C=O) groups excluding carboxylic acids is 1. The van der Waals surface area contributed by atoms with Gasteiger partial charge in [-0.3, -0.25) is 4.90 Å². The van der Waals surface area contributed by atoms with Crippen LogP contribution in [-0.4, -0.2) is 59.6 Å². The first kappa shape index (κ1) is 24.9. The molecule has 1 saturated heterocycles. The van der Waals surface area contributed by atoms with E-state index in [2.05, 4.69) is 19.8 Å². The third kappa shape index (κ3) is 5.72. The first-order chi connectivity index (χ1) is 12.6. The van der Waals surface area contributed by atoms with Crippen molar-refractivity contribution in [1.82, 2.24) is 14.9 Å². The predicted octanol–water partition coefficient (Wildman–Crippen LogP) is 3.09. The topological polar surface area (TPSA) is 75.3 Å². The highest BCUT2D eigenvalue weighted by Crippen LogP contribution is 2.29. The van der Waals surface area contributed by atoms with Crippen molar-refractivity contribution in [2.24, 2.45) is 5.73 Å². The SMILES string of the molecule is CSc1cncnc1N1CCN(C(c2ccc(Cl)cc2)[C@@H](N)C=O)CC1.Cl.Cl. The number of carbonyl (C=O) groups is 1. The minimum Gasteiger partial charge on any atom is -0.353 e. The smallest absolute Gasteiger partial charge is 0.145 e. The molecule has 3 rings (SSSR count). The Morgan fingerprint density at radius 2 is 1.82 bits per heavy atom. The highest BCUT2D eigenvalue weighted by atomic mass is 35.5. The summed E-state index contributed by atoms with van der Waals surface area (Å²) in [6.45, 7) is 3.24. The second kappa shape index (κ2) is 11.8. The second-order valence-corrected chi connectivity index (χ2v) is 7.43. The number of thioether (sulfide) groups is 1. The average Bonchev–Trinajstić information content (AvgIpc) is 2.70. The van der Waals surface area contributed by atoms with E-state index in [4.69, 9.17) is 17.3 Å². The normalized spacial score (nSPS) is 16.5. The van der Waals surface area contributed by atoms with Gasteiger partial charge in [-0.2, -0.15) is 0 Å². The van der Waals surface area contributed by atoms with E-state index in [1.165, 1.54) is 0 Å². The molecule has 0 spiro atoms. The molecule has 1 aliphatic rings. The Morgan fingerprint density at radius 3 is 2.39 bits per heavy atom. The number of rotatable bonds is 6. The Kier molecular flexibility index (Phi) is 10.5. The molecule has 0 aliphatic carbocycles. The van der Waals surface area contributed by atoms with Gasteiger partial charge in [0.05, 0.1) is 17.0 Å². The fourth-order valence-electron chi connectivity index (χ4n) is 3.31. The van der Waals surface area contributed by atoms with Crippen molar-refractivity contribution >= 4 is 60.3 Å². The van der Waals surface area contributed by atoms with E-state index >= 15 is 0 Å². The monoisotopic (exact) mass is 463 g/mol. The molecule has 2 aromatic rings. The van der Waals surface area contributed by atoms with Crippen LogP contribution in [0.4, 0.5) is 5.82 Å². The van der Waals surface area contributed by atoms with Crippen LogP contribution in [0.25, 0.3) is 0 Å². The maximum Gasteiger partial charge on any atom is 0.145 e. The lowest BCUT2D eigenvalue weighted by Gasteiger charge is -2.41. The first-order valence-corrected chi connectivity index (χ1v) is 10.0. The summed E-state index contributed by atoms with van der Waals surface area (Å²) in [7, 11) is 0. The van der Waals surface area contributed by atoms with Crippen LogP contribution in [0.3, 0.4) is 0 Å². The summed E-state index contributed by atoms with van der Waals surface area (Å²) in [6, 6.07) is 6.82. The standard InChI is InChI=1S/C18H22ClN5OS.2ClH/c1-26-16-10-21-12-22-18(16)24-8-6-23(7-9-24)17(15(20)11-25)13-2-4-14(19)5-3-13;;/h2-5,10-12,15,17H,6-9,20H2,1H3;2*1H/t15-,17?;;/m0../s1. The van der Waals surface area contributed by atoms with E-state index < -0.39 is 6.04 Å². The zero-order chi connectivity index (χ0) is 18.5. The average molecular weight is 465 g/mol. The van der Waals surface area contributed by atoms with Gasteiger partial charge in [0.2, 0.25) is 0 Å². The van der Waals surface area contributed by atoms with Crippen molar-refractivity contribution < 1.29 is 4.79 Å². The quantitative estimate of drug-likeness (QED) is 0.520. The zero-order valence-electron chi connectivity index (χ0n) is 15.4. The molecular formula is C18H24Cl3N5OS. The van der Waals surface area contributed by atoms with E-state index in [0.29, 0.717) is 5.02 Å². The maximum atomic E-state index is 11.4. The Morgan fingerprint density at radius 1 is 1.18 bits per heavy atom. The molecule has 10 heteroatoms. The van der Waals surface area contributed by atoms with Gasteiger partial charge in [0.1, 0.15) is 18.4 Å². The molecule has 154 valence electrons. The number of aromatic nitrogens is 2. The number of nitrogens with zero attached hydrogens (tertiary/aromatic N) is 4. The molecule has 2 atom stereocenters. The number of piperazine rings is 1. The summed E-state index contributed by atoms with van der Waals surface area (Å²) in [5, 5.41) is 0.672. The third-order valence-electron chi connectivity index (χ3n) is 4.62. The van der Waals surface area contributed by atoms with E-state index in [1.54, 1.807) is 18.1 Å². The molecule has 1 fully saturated rings. The van der Waals surface area contributed by atoms with Crippen molar-refractivity contribution in [3.8, 4) is 0 Å². The molecular weight excluding hydrogens is 441 g/mol. The van der Waals surface area contributed by atoms with Crippen molar-refractivity contribution in [2.75, 3.05) is 37.3 Å². The van der Waals surface area contributed by atoms with Crippen LogP contribution in [0.2, 0.25) is 5.02 Å². The van der Waals surface area contributed by atoms with Gasteiger partial charge in [0, 0.05) is 37.4 Å². The molecule has 0 saturated carbocycles. The minimum absolute atomic E-state index is 0. The summed E-state index contributed by atoms with van der Waals surface area (Å²) >= 11 is 7.64. The van der Waals surface area contributed by atoms with Gasteiger partial charge < -0.3 is 15.4 Å². The van der Waals surface area contributed by atoms with E-state index in [1.807, 2.05) is 36.7 Å². The molecule has 1 aromatic carbocycles. The van der Waals surface area contributed by atoms with Gasteiger partial charge in [-0.25, -0.2) is 9.97 Å². The van der Waals surface area contributed by atoms with Crippen LogP contribution in [0.15, 0.2) is 41.7 Å². The van der Waals surface area contributed by atoms with Gasteiger partial charge in [0.25, 0.3) is 0 Å². The zero-order valence-corrected chi connectivity index (χ0v) is 18.6. The van der Waals surface area contributed by atoms with Gasteiger partial charge in [-0.05, 0) is 24.0 Å². The van der Waals surface area contributed by atoms with Crippen molar-refractivity contribution in [3.05, 3.63) is 47.4 Å². The molecule has 2 N–H and O–H groups in total. The Balaban J connectivity index is 0.00000196. The fourth-order valence-corrected chi connectivity index (χ4v) is 3.97. The number of anilines is 1. The molecule has 1 aromatic heterocycles. The maximum absolute atomic E-state index is 11.4. The van der Waals surface area contributed by atoms with E-state index in [0.717, 1.165) is 48.7 Å². The molecule has 1 aliphatic heterocycles. The second-order valence-electron chi connectivity index (χ2n) is 6.15. The van der Waals surface area contributed by atoms with Crippen LogP contribution >= 0.6 is 48.2 Å². The summed E-state index contributed by atoms with van der Waals surface area (Å²) in [5.74, 6) is 0.967. The minimum atomic E-state index is -0.580. The molecule has 0 amide bonds. The largest absolute Gasteiger partial charge is 0.353 e. The predicted molar refractivity (Wildman–Crippen MR) is 120 cm³/mol. The van der Waals surface area contributed by atoms with Gasteiger partial charge in [-0.1, -0.05) is 23.7 Å². The van der Waals surface area contributed by atoms with Gasteiger partial charge in [-0.15, -0.1) is 36.6 Å². The molecule has 28 heavy (non-hydrogen) atoms. The van der Waals surface area contributed by atoms with E-state index in [-0.39, 0.29) is 30.9 Å². The van der Waals surface area contributed by atoms with Crippen molar-refractivity contribution in [2.45, 2.75) is 17.0 Å². The molecule has 6 nitrogen and oxygen atoms in total. The van der Waals surface area contributed by atoms with E-state index in [9.17, 15) is 4.79 Å². The third-order valence-corrected chi connectivity index (χ3v) is 5.60. The number of hydrogen-bond acceptors (Lipinski definition) is 7. The summed E-state index contributed by atoms with van der Waals surface area (Å²) < 4.78 is 0. The molecule has 1 unspecified atom stereocenters. The lowest BCUT2D eigenvalue weighted by atomic mass is 9.98. The summed E-state index contributed by atoms with van der Waals surface area (Å²) in [4.78, 5) is 25.5. The number of hydrogen-bond donors (Lipinski definition) is 1. The number of halogens is 3. The molecule has 0 bridgehead atoms. The Bertz CT molecular complexity index is 744. The molecule has 0 radical (unpaired) electrons. The highest BCUT2D eigenvalue weighted by Gasteiger charge is 2.30. The number of aldehydes is 1. The van der Waals surface area contributed by atoms with Crippen LogP contribution in [0.1, 0.15) is 11.6 Å². The summed E-state index contributed by atoms with van der Waals surface area (Å²) in [5.41, 5.74) is 7.14. The van der Waals surface area contributed by atoms with Crippen molar-refractivity contribution in [3.63, 3.8) is 0 Å². The van der Waals surface area contributed by atoms with Gasteiger partial charge in [0.15, 0.2) is 0 Å². The van der Waals surface area contributed by atoms with Crippen LogP contribution in [0.5, 0.6) is 0 Å². The van der Waals surface area contributed by atoms with Gasteiger partial charge >= 0.3 is 0 Å². The number of benzene rings is 1. The fraction of sp³-hybridized carbons (Fsp3) is 0.389. The lowest BCUT2D eigenvalue weighted by molar-refractivity contribution is -0.110. The lowest BCUT2D eigenvalue weighted by Crippen LogP contribution is -2.52. The van der Waals surface area contributed by atoms with Crippen LogP contribution in [0, 0.1) is 0 Å². The molecule has 2 heterocycles. The Labute approximate surface area is 187 Å². The van der Waals surface area contributed by atoms with Crippen LogP contribution < -0.4 is 10.6 Å². The Hall–Kier alpha value is -1.09. The van der Waals surface area contributed by atoms with Crippen LogP contribution in [-0.2, 0) is 4.79 Å². The highest BCUT2D eigenvalue weighted by molar-refractivity contribution is 7.98. The first-order valence-electron chi connectivity index (χ1n) is 8.43. The number of nitrogens with two attached hydrogens (primary N) is 1.